The number of hydrogen-bond acceptors (Lipinski definition) is 1. The minimum absolute atomic E-state index is 0.125. The number of urea groups is 1. The van der Waals surface area contributed by atoms with Crippen molar-refractivity contribution in [2.24, 2.45) is 0 Å². The molecule has 0 aliphatic rings. The number of rotatable bonds is 4. The fourth-order valence-electron chi connectivity index (χ4n) is 2.36. The standard InChI is InChI=1S/C16H22ClN3O/c1-10(2)20-15(21)19-9-16(3,4)13-8-18-14-6-5-11(17)7-12(13)14/h5-8,10,18H,9H2,1-4H3,(H2,19,20,21). The maximum absolute atomic E-state index is 11.7. The van der Waals surface area contributed by atoms with Crippen LogP contribution in [-0.4, -0.2) is 23.6 Å². The third kappa shape index (κ3) is 3.70. The smallest absolute Gasteiger partial charge is 0.315 e. The van der Waals surface area contributed by atoms with Gasteiger partial charge in [0.05, 0.1) is 0 Å². The number of carbonyl (C=O) groups is 1. The van der Waals surface area contributed by atoms with Crippen LogP contribution >= 0.6 is 11.6 Å². The van der Waals surface area contributed by atoms with Gasteiger partial charge < -0.3 is 15.6 Å². The van der Waals surface area contributed by atoms with E-state index in [1.807, 2.05) is 38.2 Å². The first kappa shape index (κ1) is 15.7. The Morgan fingerprint density at radius 3 is 2.76 bits per heavy atom. The average Bonchev–Trinajstić information content (AvgIpc) is 2.79. The number of benzene rings is 1. The highest BCUT2D eigenvalue weighted by atomic mass is 35.5. The van der Waals surface area contributed by atoms with Crippen molar-refractivity contribution in [1.82, 2.24) is 15.6 Å². The van der Waals surface area contributed by atoms with E-state index in [0.29, 0.717) is 11.6 Å². The molecule has 0 spiro atoms. The van der Waals surface area contributed by atoms with E-state index in [4.69, 9.17) is 11.6 Å². The molecule has 0 saturated carbocycles. The van der Waals surface area contributed by atoms with Crippen LogP contribution in [0.5, 0.6) is 0 Å². The predicted molar refractivity (Wildman–Crippen MR) is 88.0 cm³/mol. The molecule has 21 heavy (non-hydrogen) atoms. The van der Waals surface area contributed by atoms with Crippen molar-refractivity contribution in [1.29, 1.82) is 0 Å². The van der Waals surface area contributed by atoms with Crippen molar-refractivity contribution in [3.8, 4) is 0 Å². The topological polar surface area (TPSA) is 56.9 Å². The summed E-state index contributed by atoms with van der Waals surface area (Å²) in [6.45, 7) is 8.63. The second-order valence-corrected chi connectivity index (χ2v) is 6.69. The first-order valence-corrected chi connectivity index (χ1v) is 7.49. The van der Waals surface area contributed by atoms with Gasteiger partial charge in [-0.3, -0.25) is 0 Å². The Morgan fingerprint density at radius 2 is 2.10 bits per heavy atom. The number of hydrogen-bond donors (Lipinski definition) is 3. The van der Waals surface area contributed by atoms with Crippen LogP contribution in [0.4, 0.5) is 4.79 Å². The molecule has 5 heteroatoms. The number of amides is 2. The molecule has 2 aromatic rings. The number of H-pyrrole nitrogens is 1. The predicted octanol–water partition coefficient (Wildman–Crippen LogP) is 3.81. The molecular weight excluding hydrogens is 286 g/mol. The number of aromatic nitrogens is 1. The van der Waals surface area contributed by atoms with Gasteiger partial charge >= 0.3 is 6.03 Å². The van der Waals surface area contributed by atoms with Crippen LogP contribution in [0.1, 0.15) is 33.3 Å². The van der Waals surface area contributed by atoms with Crippen molar-refractivity contribution < 1.29 is 4.79 Å². The molecule has 4 nitrogen and oxygen atoms in total. The summed E-state index contributed by atoms with van der Waals surface area (Å²) in [6.07, 6.45) is 1.99. The van der Waals surface area contributed by atoms with Gasteiger partial charge in [0.1, 0.15) is 0 Å². The lowest BCUT2D eigenvalue weighted by molar-refractivity contribution is 0.236. The van der Waals surface area contributed by atoms with Gasteiger partial charge in [0.15, 0.2) is 0 Å². The fraction of sp³-hybridized carbons (Fsp3) is 0.438. The number of carbonyl (C=O) groups excluding carboxylic acids is 1. The minimum atomic E-state index is -0.197. The molecule has 1 aromatic heterocycles. The molecule has 0 bridgehead atoms. The Hall–Kier alpha value is -1.68. The van der Waals surface area contributed by atoms with Gasteiger partial charge in [0.2, 0.25) is 0 Å². The van der Waals surface area contributed by atoms with Crippen LogP contribution in [-0.2, 0) is 5.41 Å². The van der Waals surface area contributed by atoms with E-state index in [1.165, 1.54) is 0 Å². The molecule has 114 valence electrons. The second-order valence-electron chi connectivity index (χ2n) is 6.26. The van der Waals surface area contributed by atoms with Crippen molar-refractivity contribution in [3.05, 3.63) is 35.0 Å². The van der Waals surface area contributed by atoms with Gasteiger partial charge in [-0.15, -0.1) is 0 Å². The highest BCUT2D eigenvalue weighted by Crippen LogP contribution is 2.31. The Labute approximate surface area is 130 Å². The van der Waals surface area contributed by atoms with Crippen LogP contribution < -0.4 is 10.6 Å². The van der Waals surface area contributed by atoms with Crippen molar-refractivity contribution in [2.45, 2.75) is 39.2 Å². The summed E-state index contributed by atoms with van der Waals surface area (Å²) >= 11 is 6.09. The minimum Gasteiger partial charge on any atom is -0.361 e. The number of fused-ring (bicyclic) bond motifs is 1. The Morgan fingerprint density at radius 1 is 1.38 bits per heavy atom. The van der Waals surface area contributed by atoms with E-state index in [0.717, 1.165) is 16.5 Å². The highest BCUT2D eigenvalue weighted by Gasteiger charge is 2.24. The third-order valence-corrected chi connectivity index (χ3v) is 3.72. The van der Waals surface area contributed by atoms with Gasteiger partial charge in [-0.1, -0.05) is 25.4 Å². The van der Waals surface area contributed by atoms with Gasteiger partial charge in [-0.2, -0.15) is 0 Å². The van der Waals surface area contributed by atoms with Gasteiger partial charge in [-0.25, -0.2) is 4.79 Å². The number of nitrogens with one attached hydrogen (secondary N) is 3. The molecule has 2 rings (SSSR count). The SMILES string of the molecule is CC(C)NC(=O)NCC(C)(C)c1c[nH]c2ccc(Cl)cc12. The summed E-state index contributed by atoms with van der Waals surface area (Å²) in [6, 6.07) is 5.77. The molecule has 0 fully saturated rings. The van der Waals surface area contributed by atoms with Crippen LogP contribution in [0.3, 0.4) is 0 Å². The van der Waals surface area contributed by atoms with Crippen molar-refractivity contribution in [2.75, 3.05) is 6.54 Å². The van der Waals surface area contributed by atoms with E-state index < -0.39 is 0 Å². The zero-order valence-electron chi connectivity index (χ0n) is 12.9. The summed E-state index contributed by atoms with van der Waals surface area (Å²) < 4.78 is 0. The van der Waals surface area contributed by atoms with Gasteiger partial charge in [0, 0.05) is 40.1 Å². The highest BCUT2D eigenvalue weighted by molar-refractivity contribution is 6.31. The van der Waals surface area contributed by atoms with Gasteiger partial charge in [-0.05, 0) is 37.6 Å². The summed E-state index contributed by atoms with van der Waals surface area (Å²) in [5.74, 6) is 0. The van der Waals surface area contributed by atoms with Crippen LogP contribution in [0, 0.1) is 0 Å². The van der Waals surface area contributed by atoms with E-state index in [-0.39, 0.29) is 17.5 Å². The summed E-state index contributed by atoms with van der Waals surface area (Å²) in [7, 11) is 0. The second kappa shape index (κ2) is 5.98. The summed E-state index contributed by atoms with van der Waals surface area (Å²) in [5, 5.41) is 7.56. The number of halogens is 1. The first-order chi connectivity index (χ1) is 9.79. The molecule has 0 radical (unpaired) electrons. The number of aromatic amines is 1. The monoisotopic (exact) mass is 307 g/mol. The quantitative estimate of drug-likeness (QED) is 0.790. The zero-order valence-corrected chi connectivity index (χ0v) is 13.6. The third-order valence-electron chi connectivity index (χ3n) is 3.48. The Kier molecular flexibility index (Phi) is 4.47. The fourth-order valence-corrected chi connectivity index (χ4v) is 2.53. The molecule has 3 N–H and O–H groups in total. The summed E-state index contributed by atoms with van der Waals surface area (Å²) in [4.78, 5) is 15.0. The molecule has 1 aromatic carbocycles. The van der Waals surface area contributed by atoms with Crippen LogP contribution in [0.25, 0.3) is 10.9 Å². The molecule has 0 atom stereocenters. The lowest BCUT2D eigenvalue weighted by atomic mass is 9.84. The first-order valence-electron chi connectivity index (χ1n) is 7.11. The summed E-state index contributed by atoms with van der Waals surface area (Å²) in [5.41, 5.74) is 2.00. The maximum Gasteiger partial charge on any atom is 0.315 e. The normalized spacial score (nSPS) is 11.9. The average molecular weight is 308 g/mol. The largest absolute Gasteiger partial charge is 0.361 e. The van der Waals surface area contributed by atoms with E-state index in [2.05, 4.69) is 29.5 Å². The zero-order chi connectivity index (χ0) is 15.6. The van der Waals surface area contributed by atoms with E-state index in [9.17, 15) is 4.79 Å². The van der Waals surface area contributed by atoms with Crippen molar-refractivity contribution in [3.63, 3.8) is 0 Å². The lowest BCUT2D eigenvalue weighted by Crippen LogP contribution is -2.44. The molecule has 0 unspecified atom stereocenters. The molecular formula is C16H22ClN3O. The lowest BCUT2D eigenvalue weighted by Gasteiger charge is -2.25. The Bertz CT molecular complexity index is 646. The molecule has 0 aliphatic carbocycles. The maximum atomic E-state index is 11.7. The van der Waals surface area contributed by atoms with E-state index in [1.54, 1.807) is 0 Å². The van der Waals surface area contributed by atoms with E-state index >= 15 is 0 Å². The molecule has 0 aliphatic heterocycles. The molecule has 2 amide bonds. The molecule has 1 heterocycles. The van der Waals surface area contributed by atoms with Gasteiger partial charge in [0.25, 0.3) is 0 Å². The molecule has 0 saturated heterocycles. The van der Waals surface area contributed by atoms with Crippen LogP contribution in [0.15, 0.2) is 24.4 Å². The van der Waals surface area contributed by atoms with Crippen LogP contribution in [0.2, 0.25) is 5.02 Å². The van der Waals surface area contributed by atoms with Crippen molar-refractivity contribution >= 4 is 28.5 Å². The Balaban J connectivity index is 2.17.